The largest absolute Gasteiger partial charge is 0.301 e. The van der Waals surface area contributed by atoms with Crippen LogP contribution in [0.25, 0.3) is 0 Å². The SMILES string of the molecule is CC(C)N1CCN([C@@H]2CCN(C(C)C)C[C@H]2C)CC1. The molecular formula is C16H33N3. The molecule has 0 radical (unpaired) electrons. The maximum atomic E-state index is 2.77. The molecule has 3 heteroatoms. The molecule has 0 aromatic carbocycles. The molecule has 2 aliphatic heterocycles. The summed E-state index contributed by atoms with van der Waals surface area (Å²) in [5, 5.41) is 0. The van der Waals surface area contributed by atoms with Crippen molar-refractivity contribution < 1.29 is 0 Å². The average molecular weight is 267 g/mol. The normalized spacial score (nSPS) is 32.4. The van der Waals surface area contributed by atoms with Crippen molar-refractivity contribution in [3.05, 3.63) is 0 Å². The lowest BCUT2D eigenvalue weighted by Crippen LogP contribution is -2.57. The van der Waals surface area contributed by atoms with Gasteiger partial charge in [0.1, 0.15) is 0 Å². The van der Waals surface area contributed by atoms with Crippen molar-refractivity contribution >= 4 is 0 Å². The highest BCUT2D eigenvalue weighted by Crippen LogP contribution is 2.24. The molecule has 0 bridgehead atoms. The van der Waals surface area contributed by atoms with Crippen LogP contribution in [0.2, 0.25) is 0 Å². The Bertz CT molecular complexity index is 269. The zero-order valence-electron chi connectivity index (χ0n) is 13.6. The topological polar surface area (TPSA) is 9.72 Å². The van der Waals surface area contributed by atoms with E-state index in [2.05, 4.69) is 49.3 Å². The van der Waals surface area contributed by atoms with E-state index in [9.17, 15) is 0 Å². The molecule has 0 unspecified atom stereocenters. The zero-order valence-corrected chi connectivity index (χ0v) is 13.6. The molecular weight excluding hydrogens is 234 g/mol. The quantitative estimate of drug-likeness (QED) is 0.775. The van der Waals surface area contributed by atoms with Crippen LogP contribution in [-0.4, -0.2) is 72.1 Å². The first-order valence-electron chi connectivity index (χ1n) is 8.21. The summed E-state index contributed by atoms with van der Waals surface area (Å²) in [6.45, 7) is 19.4. The van der Waals surface area contributed by atoms with Gasteiger partial charge in [-0.15, -0.1) is 0 Å². The van der Waals surface area contributed by atoms with Crippen LogP contribution in [0, 0.1) is 5.92 Å². The lowest BCUT2D eigenvalue weighted by molar-refractivity contribution is 0.0145. The minimum absolute atomic E-state index is 0.709. The molecule has 0 amide bonds. The van der Waals surface area contributed by atoms with Crippen molar-refractivity contribution in [1.29, 1.82) is 0 Å². The van der Waals surface area contributed by atoms with Gasteiger partial charge in [-0.2, -0.15) is 0 Å². The third kappa shape index (κ3) is 3.71. The van der Waals surface area contributed by atoms with Crippen LogP contribution in [0.4, 0.5) is 0 Å². The first-order valence-corrected chi connectivity index (χ1v) is 8.21. The van der Waals surface area contributed by atoms with E-state index in [0.29, 0.717) is 12.1 Å². The van der Waals surface area contributed by atoms with E-state index in [1.165, 1.54) is 45.7 Å². The fourth-order valence-corrected chi connectivity index (χ4v) is 3.76. The fraction of sp³-hybridized carbons (Fsp3) is 1.00. The summed E-state index contributed by atoms with van der Waals surface area (Å²) in [7, 11) is 0. The van der Waals surface area contributed by atoms with Crippen LogP contribution >= 0.6 is 0 Å². The first kappa shape index (κ1) is 15.3. The molecule has 0 saturated carbocycles. The van der Waals surface area contributed by atoms with Gasteiger partial charge in [0.25, 0.3) is 0 Å². The second-order valence-electron chi connectivity index (χ2n) is 7.09. The predicted molar refractivity (Wildman–Crippen MR) is 82.6 cm³/mol. The Kier molecular flexibility index (Phi) is 5.27. The molecule has 19 heavy (non-hydrogen) atoms. The van der Waals surface area contributed by atoms with Gasteiger partial charge >= 0.3 is 0 Å². The molecule has 2 fully saturated rings. The van der Waals surface area contributed by atoms with Gasteiger partial charge in [0, 0.05) is 50.8 Å². The molecule has 0 aromatic heterocycles. The van der Waals surface area contributed by atoms with Crippen LogP contribution < -0.4 is 0 Å². The Morgan fingerprint density at radius 1 is 0.789 bits per heavy atom. The van der Waals surface area contributed by atoms with Gasteiger partial charge in [-0.3, -0.25) is 9.80 Å². The van der Waals surface area contributed by atoms with Crippen molar-refractivity contribution in [2.75, 3.05) is 39.3 Å². The Balaban J connectivity index is 1.84. The van der Waals surface area contributed by atoms with Crippen molar-refractivity contribution in [3.63, 3.8) is 0 Å². The molecule has 0 N–H and O–H groups in total. The van der Waals surface area contributed by atoms with E-state index in [0.717, 1.165) is 12.0 Å². The number of rotatable bonds is 3. The number of hydrogen-bond donors (Lipinski definition) is 0. The number of nitrogens with zero attached hydrogens (tertiary/aromatic N) is 3. The lowest BCUT2D eigenvalue weighted by Gasteiger charge is -2.47. The maximum absolute atomic E-state index is 2.77. The van der Waals surface area contributed by atoms with Crippen LogP contribution in [-0.2, 0) is 0 Å². The molecule has 2 saturated heterocycles. The van der Waals surface area contributed by atoms with Crippen molar-refractivity contribution in [2.24, 2.45) is 5.92 Å². The number of piperazine rings is 1. The van der Waals surface area contributed by atoms with Crippen LogP contribution in [0.3, 0.4) is 0 Å². The molecule has 2 atom stereocenters. The van der Waals surface area contributed by atoms with Crippen LogP contribution in [0.15, 0.2) is 0 Å². The Hall–Kier alpha value is -0.120. The summed E-state index contributed by atoms with van der Waals surface area (Å²) in [5.41, 5.74) is 0. The van der Waals surface area contributed by atoms with Gasteiger partial charge in [0.2, 0.25) is 0 Å². The van der Waals surface area contributed by atoms with Gasteiger partial charge in [-0.05, 0) is 46.6 Å². The second kappa shape index (κ2) is 6.55. The van der Waals surface area contributed by atoms with Gasteiger partial charge in [-0.1, -0.05) is 6.92 Å². The van der Waals surface area contributed by atoms with E-state index in [-0.39, 0.29) is 0 Å². The standard InChI is InChI=1S/C16H33N3/c1-13(2)17-8-10-18(11-9-17)16-6-7-19(14(3)4)12-15(16)5/h13-16H,6-12H2,1-5H3/t15-,16-/m1/s1. The van der Waals surface area contributed by atoms with Gasteiger partial charge in [-0.25, -0.2) is 0 Å². The smallest absolute Gasteiger partial charge is 0.0146 e. The highest BCUT2D eigenvalue weighted by Gasteiger charge is 2.33. The molecule has 0 aliphatic carbocycles. The number of piperidine rings is 1. The Labute approximate surface area is 119 Å². The van der Waals surface area contributed by atoms with E-state index in [1.54, 1.807) is 0 Å². The first-order chi connectivity index (χ1) is 8.99. The number of likely N-dealkylation sites (tertiary alicyclic amines) is 1. The van der Waals surface area contributed by atoms with E-state index in [4.69, 9.17) is 0 Å². The minimum Gasteiger partial charge on any atom is -0.301 e. The molecule has 3 nitrogen and oxygen atoms in total. The summed E-state index contributed by atoms with van der Waals surface area (Å²) in [4.78, 5) is 8.02. The Morgan fingerprint density at radius 2 is 1.37 bits per heavy atom. The van der Waals surface area contributed by atoms with Crippen molar-refractivity contribution in [1.82, 2.24) is 14.7 Å². The van der Waals surface area contributed by atoms with Crippen LogP contribution in [0.5, 0.6) is 0 Å². The lowest BCUT2D eigenvalue weighted by atomic mass is 9.91. The second-order valence-corrected chi connectivity index (χ2v) is 7.09. The average Bonchev–Trinajstić information content (AvgIpc) is 2.38. The van der Waals surface area contributed by atoms with Gasteiger partial charge in [0.05, 0.1) is 0 Å². The van der Waals surface area contributed by atoms with Gasteiger partial charge < -0.3 is 4.90 Å². The van der Waals surface area contributed by atoms with Gasteiger partial charge in [0.15, 0.2) is 0 Å². The molecule has 2 aliphatic rings. The summed E-state index contributed by atoms with van der Waals surface area (Å²) >= 11 is 0. The molecule has 2 rings (SSSR count). The third-order valence-corrected chi connectivity index (χ3v) is 5.17. The third-order valence-electron chi connectivity index (χ3n) is 5.17. The van der Waals surface area contributed by atoms with E-state index >= 15 is 0 Å². The predicted octanol–water partition coefficient (Wildman–Crippen LogP) is 2.13. The monoisotopic (exact) mass is 267 g/mol. The fourth-order valence-electron chi connectivity index (χ4n) is 3.76. The maximum Gasteiger partial charge on any atom is 0.0146 e. The van der Waals surface area contributed by atoms with E-state index < -0.39 is 0 Å². The number of hydrogen-bond acceptors (Lipinski definition) is 3. The van der Waals surface area contributed by atoms with Crippen LogP contribution in [0.1, 0.15) is 41.0 Å². The minimum atomic E-state index is 0.709. The zero-order chi connectivity index (χ0) is 14.0. The van der Waals surface area contributed by atoms with Crippen molar-refractivity contribution in [2.45, 2.75) is 59.2 Å². The Morgan fingerprint density at radius 3 is 1.84 bits per heavy atom. The molecule has 112 valence electrons. The summed E-state index contributed by atoms with van der Waals surface area (Å²) in [5.74, 6) is 0.821. The summed E-state index contributed by atoms with van der Waals surface area (Å²) in [6, 6.07) is 2.24. The highest BCUT2D eigenvalue weighted by molar-refractivity contribution is 4.88. The molecule has 0 aromatic rings. The molecule has 2 heterocycles. The summed E-state index contributed by atoms with van der Waals surface area (Å²) in [6.07, 6.45) is 1.36. The van der Waals surface area contributed by atoms with Crippen molar-refractivity contribution in [3.8, 4) is 0 Å². The van der Waals surface area contributed by atoms with E-state index in [1.807, 2.05) is 0 Å². The highest BCUT2D eigenvalue weighted by atomic mass is 15.3. The molecule has 0 spiro atoms. The summed E-state index contributed by atoms with van der Waals surface area (Å²) < 4.78 is 0.